The van der Waals surface area contributed by atoms with Crippen LogP contribution in [0.2, 0.25) is 0 Å². The fourth-order valence-corrected chi connectivity index (χ4v) is 3.35. The summed E-state index contributed by atoms with van der Waals surface area (Å²) < 4.78 is 11.3. The van der Waals surface area contributed by atoms with Crippen LogP contribution in [0, 0.1) is 0 Å². The molecule has 1 fully saturated rings. The minimum Gasteiger partial charge on any atom is -0.422 e. The Balaban J connectivity index is 1.65. The Morgan fingerprint density at radius 2 is 1.77 bits per heavy atom. The van der Waals surface area contributed by atoms with Crippen LogP contribution in [0.3, 0.4) is 0 Å². The maximum absolute atomic E-state index is 13.0. The molecule has 1 amide bonds. The lowest BCUT2D eigenvalue weighted by molar-refractivity contribution is -0.0692. The molecular weight excluding hydrogens is 330 g/mol. The molecule has 5 nitrogen and oxygen atoms in total. The van der Waals surface area contributed by atoms with E-state index in [-0.39, 0.29) is 23.7 Å². The number of carbonyl (C=O) groups is 1. The molecule has 4 rings (SSSR count). The van der Waals surface area contributed by atoms with Crippen molar-refractivity contribution in [3.05, 3.63) is 82.2 Å². The van der Waals surface area contributed by atoms with Gasteiger partial charge in [0.2, 0.25) is 0 Å². The average molecular weight is 349 g/mol. The summed E-state index contributed by atoms with van der Waals surface area (Å²) in [6, 6.07) is 18.6. The van der Waals surface area contributed by atoms with Crippen LogP contribution in [0.25, 0.3) is 11.0 Å². The highest BCUT2D eigenvalue weighted by Gasteiger charge is 2.31. The van der Waals surface area contributed by atoms with Crippen LogP contribution in [0.1, 0.15) is 28.9 Å². The van der Waals surface area contributed by atoms with Crippen LogP contribution in [0.5, 0.6) is 0 Å². The van der Waals surface area contributed by atoms with E-state index in [9.17, 15) is 9.59 Å². The Hall–Kier alpha value is -2.92. The van der Waals surface area contributed by atoms with Gasteiger partial charge in [0.15, 0.2) is 0 Å². The highest BCUT2D eigenvalue weighted by atomic mass is 16.5. The number of rotatable bonds is 2. The highest BCUT2D eigenvalue weighted by Crippen LogP contribution is 2.26. The van der Waals surface area contributed by atoms with Gasteiger partial charge < -0.3 is 14.1 Å². The molecule has 0 spiro atoms. The number of morpholine rings is 1. The first-order valence-corrected chi connectivity index (χ1v) is 8.64. The number of hydrogen-bond donors (Lipinski definition) is 0. The molecule has 5 heteroatoms. The van der Waals surface area contributed by atoms with Gasteiger partial charge in [-0.15, -0.1) is 0 Å². The van der Waals surface area contributed by atoms with Gasteiger partial charge in [-0.25, -0.2) is 4.79 Å². The van der Waals surface area contributed by atoms with Crippen molar-refractivity contribution in [2.45, 2.75) is 19.1 Å². The molecule has 26 heavy (non-hydrogen) atoms. The number of amides is 1. The van der Waals surface area contributed by atoms with Gasteiger partial charge >= 0.3 is 5.63 Å². The second-order valence-corrected chi connectivity index (χ2v) is 6.54. The SMILES string of the molecule is C[C@@H]1CN(C(=O)c2cc3ccccc3oc2=O)C[C@H](c2ccccc2)O1. The molecule has 3 aromatic rings. The summed E-state index contributed by atoms with van der Waals surface area (Å²) >= 11 is 0. The van der Waals surface area contributed by atoms with E-state index < -0.39 is 5.63 Å². The number of carbonyl (C=O) groups excluding carboxylic acids is 1. The molecule has 2 aromatic carbocycles. The largest absolute Gasteiger partial charge is 0.422 e. The van der Waals surface area contributed by atoms with Gasteiger partial charge in [-0.2, -0.15) is 0 Å². The first-order chi connectivity index (χ1) is 12.6. The molecule has 2 atom stereocenters. The standard InChI is InChI=1S/C21H19NO4/c1-14-12-22(13-19(25-14)15-7-3-2-4-8-15)20(23)17-11-16-9-5-6-10-18(16)26-21(17)24/h2-11,14,19H,12-13H2,1H3/t14-,19-/m1/s1. The quantitative estimate of drug-likeness (QED) is 0.666. The molecular formula is C21H19NO4. The van der Waals surface area contributed by atoms with Gasteiger partial charge in [-0.05, 0) is 24.6 Å². The molecule has 1 aliphatic heterocycles. The number of benzene rings is 2. The summed E-state index contributed by atoms with van der Waals surface area (Å²) in [5, 5.41) is 0.733. The molecule has 132 valence electrons. The molecule has 1 aromatic heterocycles. The summed E-state index contributed by atoms with van der Waals surface area (Å²) in [6.07, 6.45) is -0.332. The minimum absolute atomic E-state index is 0.0598. The summed E-state index contributed by atoms with van der Waals surface area (Å²) in [4.78, 5) is 27.0. The normalized spacial score (nSPS) is 20.3. The second-order valence-electron chi connectivity index (χ2n) is 6.54. The van der Waals surface area contributed by atoms with Crippen LogP contribution >= 0.6 is 0 Å². The summed E-state index contributed by atoms with van der Waals surface area (Å²) in [7, 11) is 0. The first-order valence-electron chi connectivity index (χ1n) is 8.64. The van der Waals surface area contributed by atoms with Gasteiger partial charge in [0, 0.05) is 11.9 Å². The summed E-state index contributed by atoms with van der Waals surface area (Å²) in [5.41, 5.74) is 0.947. The van der Waals surface area contributed by atoms with Crippen molar-refractivity contribution in [1.82, 2.24) is 4.90 Å². The predicted molar refractivity (Wildman–Crippen MR) is 98.1 cm³/mol. The van der Waals surface area contributed by atoms with E-state index in [1.165, 1.54) is 0 Å². The Kier molecular flexibility index (Phi) is 4.31. The Morgan fingerprint density at radius 1 is 1.04 bits per heavy atom. The number of para-hydroxylation sites is 1. The van der Waals surface area contributed by atoms with Crippen molar-refractivity contribution in [1.29, 1.82) is 0 Å². The van der Waals surface area contributed by atoms with Gasteiger partial charge in [0.25, 0.3) is 5.91 Å². The van der Waals surface area contributed by atoms with Crippen molar-refractivity contribution in [2.75, 3.05) is 13.1 Å². The van der Waals surface area contributed by atoms with Crippen molar-refractivity contribution < 1.29 is 13.9 Å². The van der Waals surface area contributed by atoms with Crippen molar-refractivity contribution in [2.24, 2.45) is 0 Å². The minimum atomic E-state index is -0.607. The Bertz CT molecular complexity index is 996. The average Bonchev–Trinajstić information content (AvgIpc) is 2.67. The maximum Gasteiger partial charge on any atom is 0.349 e. The third-order valence-corrected chi connectivity index (χ3v) is 4.59. The van der Waals surface area contributed by atoms with E-state index in [0.29, 0.717) is 18.7 Å². The summed E-state index contributed by atoms with van der Waals surface area (Å²) in [6.45, 7) is 2.77. The van der Waals surface area contributed by atoms with E-state index >= 15 is 0 Å². The third kappa shape index (κ3) is 3.13. The van der Waals surface area contributed by atoms with Gasteiger partial charge in [-0.3, -0.25) is 4.79 Å². The Morgan fingerprint density at radius 3 is 2.58 bits per heavy atom. The van der Waals surface area contributed by atoms with Crippen molar-refractivity contribution in [3.8, 4) is 0 Å². The van der Waals surface area contributed by atoms with Crippen LogP contribution in [0.15, 0.2) is 69.9 Å². The van der Waals surface area contributed by atoms with Crippen molar-refractivity contribution in [3.63, 3.8) is 0 Å². The third-order valence-electron chi connectivity index (χ3n) is 4.59. The van der Waals surface area contributed by atoms with Crippen molar-refractivity contribution >= 4 is 16.9 Å². The van der Waals surface area contributed by atoms with Crippen LogP contribution in [-0.4, -0.2) is 30.0 Å². The lowest BCUT2D eigenvalue weighted by Crippen LogP contribution is -2.46. The fourth-order valence-electron chi connectivity index (χ4n) is 3.35. The zero-order valence-electron chi connectivity index (χ0n) is 14.4. The number of ether oxygens (including phenoxy) is 1. The van der Waals surface area contributed by atoms with Crippen LogP contribution < -0.4 is 5.63 Å². The van der Waals surface area contributed by atoms with E-state index in [1.54, 1.807) is 23.1 Å². The highest BCUT2D eigenvalue weighted by molar-refractivity contribution is 5.96. The fraction of sp³-hybridized carbons (Fsp3) is 0.238. The maximum atomic E-state index is 13.0. The number of nitrogens with zero attached hydrogens (tertiary/aromatic N) is 1. The molecule has 1 aliphatic rings. The lowest BCUT2D eigenvalue weighted by Gasteiger charge is -2.37. The second kappa shape index (κ2) is 6.77. The van der Waals surface area contributed by atoms with Crippen LogP contribution in [-0.2, 0) is 4.74 Å². The molecule has 2 heterocycles. The van der Waals surface area contributed by atoms with E-state index in [1.807, 2.05) is 49.4 Å². The molecule has 0 N–H and O–H groups in total. The summed E-state index contributed by atoms with van der Waals surface area (Å²) in [5.74, 6) is -0.319. The van der Waals surface area contributed by atoms with Gasteiger partial charge in [-0.1, -0.05) is 48.5 Å². The zero-order valence-corrected chi connectivity index (χ0v) is 14.4. The van der Waals surface area contributed by atoms with E-state index in [4.69, 9.17) is 9.15 Å². The predicted octanol–water partition coefficient (Wildman–Crippen LogP) is 3.40. The topological polar surface area (TPSA) is 59.8 Å². The number of hydrogen-bond acceptors (Lipinski definition) is 4. The van der Waals surface area contributed by atoms with Crippen LogP contribution in [0.4, 0.5) is 0 Å². The molecule has 0 radical (unpaired) electrons. The first kappa shape index (κ1) is 16.5. The van der Waals surface area contributed by atoms with E-state index in [0.717, 1.165) is 10.9 Å². The van der Waals surface area contributed by atoms with Gasteiger partial charge in [0.05, 0.1) is 12.6 Å². The van der Waals surface area contributed by atoms with E-state index in [2.05, 4.69) is 0 Å². The Labute approximate surface area is 150 Å². The molecule has 0 aliphatic carbocycles. The molecule has 1 saturated heterocycles. The molecule has 0 bridgehead atoms. The molecule has 0 saturated carbocycles. The lowest BCUT2D eigenvalue weighted by atomic mass is 10.1. The number of fused-ring (bicyclic) bond motifs is 1. The van der Waals surface area contributed by atoms with Gasteiger partial charge in [0.1, 0.15) is 17.3 Å². The monoisotopic (exact) mass is 349 g/mol. The zero-order chi connectivity index (χ0) is 18.1. The smallest absolute Gasteiger partial charge is 0.349 e. The molecule has 0 unspecified atom stereocenters.